The van der Waals surface area contributed by atoms with Gasteiger partial charge in [-0.05, 0) is 52.3 Å². The predicted molar refractivity (Wildman–Crippen MR) is 101 cm³/mol. The Labute approximate surface area is 162 Å². The summed E-state index contributed by atoms with van der Waals surface area (Å²) in [6, 6.07) is 2.08. The van der Waals surface area contributed by atoms with Crippen LogP contribution < -0.4 is 15.4 Å². The number of allylic oxidation sites excluding steroid dienone is 1. The van der Waals surface area contributed by atoms with Gasteiger partial charge >= 0.3 is 12.0 Å². The lowest BCUT2D eigenvalue weighted by atomic mass is 9.95. The molecule has 2 rings (SSSR count). The van der Waals surface area contributed by atoms with Crippen LogP contribution in [0.25, 0.3) is 0 Å². The van der Waals surface area contributed by atoms with E-state index in [1.807, 2.05) is 13.8 Å². The molecule has 0 aliphatic carbocycles. The van der Waals surface area contributed by atoms with Gasteiger partial charge in [-0.25, -0.2) is 9.59 Å². The van der Waals surface area contributed by atoms with Gasteiger partial charge in [0.2, 0.25) is 0 Å². The van der Waals surface area contributed by atoms with Gasteiger partial charge in [0.05, 0.1) is 33.9 Å². The van der Waals surface area contributed by atoms with Crippen molar-refractivity contribution in [3.63, 3.8) is 0 Å². The molecule has 0 spiro atoms. The molecule has 2 amide bonds. The number of hydrogen-bond donors (Lipinski definition) is 2. The third kappa shape index (κ3) is 4.62. The van der Waals surface area contributed by atoms with E-state index in [2.05, 4.69) is 10.6 Å². The fraction of sp³-hybridized carbons (Fsp3) is 0.444. The zero-order valence-electron chi connectivity index (χ0n) is 15.3. The highest BCUT2D eigenvalue weighted by Gasteiger charge is 2.33. The molecule has 1 aromatic rings. The molecule has 0 saturated heterocycles. The van der Waals surface area contributed by atoms with Gasteiger partial charge < -0.3 is 20.1 Å². The molecule has 1 aliphatic rings. The fourth-order valence-electron chi connectivity index (χ4n) is 2.59. The van der Waals surface area contributed by atoms with Crippen LogP contribution >= 0.6 is 23.2 Å². The van der Waals surface area contributed by atoms with Crippen molar-refractivity contribution in [1.82, 2.24) is 10.6 Å². The van der Waals surface area contributed by atoms with E-state index in [0.717, 1.165) is 0 Å². The smallest absolute Gasteiger partial charge is 0.338 e. The number of halogens is 2. The van der Waals surface area contributed by atoms with Crippen LogP contribution in [0.1, 0.15) is 46.2 Å². The van der Waals surface area contributed by atoms with E-state index in [0.29, 0.717) is 32.6 Å². The van der Waals surface area contributed by atoms with Crippen LogP contribution in [0.5, 0.6) is 5.75 Å². The lowest BCUT2D eigenvalue weighted by molar-refractivity contribution is -0.143. The minimum absolute atomic E-state index is 0.104. The number of nitrogens with one attached hydrogen (secondary N) is 2. The number of ether oxygens (including phenoxy) is 2. The molecule has 142 valence electrons. The summed E-state index contributed by atoms with van der Waals surface area (Å²) in [5.74, 6) is -0.163. The molecule has 26 heavy (non-hydrogen) atoms. The highest BCUT2D eigenvalue weighted by Crippen LogP contribution is 2.39. The number of rotatable bonds is 5. The normalized spacial score (nSPS) is 17.3. The van der Waals surface area contributed by atoms with Crippen LogP contribution in [0.3, 0.4) is 0 Å². The molecule has 6 nitrogen and oxygen atoms in total. The van der Waals surface area contributed by atoms with Crippen molar-refractivity contribution in [2.24, 2.45) is 0 Å². The summed E-state index contributed by atoms with van der Waals surface area (Å²) in [6.07, 6.45) is -0.400. The lowest BCUT2D eigenvalue weighted by Gasteiger charge is -2.29. The van der Waals surface area contributed by atoms with Crippen molar-refractivity contribution in [3.05, 3.63) is 39.0 Å². The third-order valence-corrected chi connectivity index (χ3v) is 4.10. The number of carbonyl (C=O) groups excluding carboxylic acids is 2. The standard InChI is InChI=1S/C18H22Cl2N2O4/c1-8(2)25-16-12(19)6-11(7-13(16)20)15-14(17(23)26-9(3)4)10(5)21-18(24)22-15/h6-9,15H,1-5H3,(H2,21,22,24). The second-order valence-electron chi connectivity index (χ2n) is 6.50. The van der Waals surface area contributed by atoms with E-state index in [-0.39, 0.29) is 12.2 Å². The van der Waals surface area contributed by atoms with Crippen LogP contribution in [-0.2, 0) is 9.53 Å². The first kappa shape index (κ1) is 20.4. The summed E-state index contributed by atoms with van der Waals surface area (Å²) in [5.41, 5.74) is 1.27. The topological polar surface area (TPSA) is 76.7 Å². The number of benzene rings is 1. The Morgan fingerprint density at radius 2 is 1.69 bits per heavy atom. The molecule has 1 heterocycles. The molecule has 0 fully saturated rings. The maximum absolute atomic E-state index is 12.5. The van der Waals surface area contributed by atoms with Crippen LogP contribution in [0.4, 0.5) is 4.79 Å². The zero-order valence-corrected chi connectivity index (χ0v) is 16.8. The Morgan fingerprint density at radius 1 is 1.12 bits per heavy atom. The molecule has 8 heteroatoms. The molecule has 0 bridgehead atoms. The Balaban J connectivity index is 2.48. The lowest BCUT2D eigenvalue weighted by Crippen LogP contribution is -2.45. The van der Waals surface area contributed by atoms with Crippen LogP contribution in [0, 0.1) is 0 Å². The van der Waals surface area contributed by atoms with Gasteiger partial charge in [-0.3, -0.25) is 0 Å². The number of urea groups is 1. The third-order valence-electron chi connectivity index (χ3n) is 3.54. The number of hydrogen-bond acceptors (Lipinski definition) is 4. The van der Waals surface area contributed by atoms with E-state index in [1.54, 1.807) is 32.9 Å². The Hall–Kier alpha value is -1.92. The molecule has 1 aromatic carbocycles. The molecule has 1 aliphatic heterocycles. The fourth-order valence-corrected chi connectivity index (χ4v) is 3.18. The van der Waals surface area contributed by atoms with Gasteiger partial charge in [-0.1, -0.05) is 23.2 Å². The maximum Gasteiger partial charge on any atom is 0.338 e. The Bertz CT molecular complexity index is 737. The Kier molecular flexibility index (Phi) is 6.42. The highest BCUT2D eigenvalue weighted by molar-refractivity contribution is 6.37. The summed E-state index contributed by atoms with van der Waals surface area (Å²) >= 11 is 12.6. The molecular formula is C18H22Cl2N2O4. The van der Waals surface area contributed by atoms with E-state index in [9.17, 15) is 9.59 Å². The molecule has 0 radical (unpaired) electrons. The van der Waals surface area contributed by atoms with Crippen molar-refractivity contribution in [2.75, 3.05) is 0 Å². The van der Waals surface area contributed by atoms with Gasteiger partial charge in [-0.15, -0.1) is 0 Å². The zero-order chi connectivity index (χ0) is 19.6. The average Bonchev–Trinajstić information content (AvgIpc) is 2.48. The first-order valence-electron chi connectivity index (χ1n) is 8.25. The largest absolute Gasteiger partial charge is 0.488 e. The molecule has 1 atom stereocenters. The second kappa shape index (κ2) is 8.18. The number of carbonyl (C=O) groups is 2. The van der Waals surface area contributed by atoms with Crippen LogP contribution in [-0.4, -0.2) is 24.2 Å². The van der Waals surface area contributed by atoms with Gasteiger partial charge in [-0.2, -0.15) is 0 Å². The summed E-state index contributed by atoms with van der Waals surface area (Å²) in [4.78, 5) is 24.5. The Morgan fingerprint density at radius 3 is 2.19 bits per heavy atom. The van der Waals surface area contributed by atoms with Crippen LogP contribution in [0.2, 0.25) is 10.0 Å². The van der Waals surface area contributed by atoms with Crippen LogP contribution in [0.15, 0.2) is 23.4 Å². The SMILES string of the molecule is CC1=C(C(=O)OC(C)C)C(c2cc(Cl)c(OC(C)C)c(Cl)c2)NC(=O)N1. The monoisotopic (exact) mass is 400 g/mol. The minimum atomic E-state index is -0.738. The van der Waals surface area contributed by atoms with Crippen molar-refractivity contribution in [1.29, 1.82) is 0 Å². The number of amides is 2. The van der Waals surface area contributed by atoms with Gasteiger partial charge in [0, 0.05) is 5.70 Å². The van der Waals surface area contributed by atoms with Crippen molar-refractivity contribution in [2.45, 2.75) is 52.9 Å². The molecule has 0 saturated carbocycles. The maximum atomic E-state index is 12.5. The van der Waals surface area contributed by atoms with Gasteiger partial charge in [0.15, 0.2) is 5.75 Å². The van der Waals surface area contributed by atoms with E-state index in [1.165, 1.54) is 0 Å². The summed E-state index contributed by atoms with van der Waals surface area (Å²) in [5, 5.41) is 5.89. The minimum Gasteiger partial charge on any atom is -0.488 e. The van der Waals surface area contributed by atoms with Gasteiger partial charge in [0.1, 0.15) is 0 Å². The molecular weight excluding hydrogens is 379 g/mol. The van der Waals surface area contributed by atoms with Crippen molar-refractivity contribution >= 4 is 35.2 Å². The van der Waals surface area contributed by atoms with Gasteiger partial charge in [0.25, 0.3) is 0 Å². The first-order valence-corrected chi connectivity index (χ1v) is 9.00. The predicted octanol–water partition coefficient (Wildman–Crippen LogP) is 4.36. The quantitative estimate of drug-likeness (QED) is 0.719. The molecule has 1 unspecified atom stereocenters. The summed E-state index contributed by atoms with van der Waals surface area (Å²) in [7, 11) is 0. The average molecular weight is 401 g/mol. The van der Waals surface area contributed by atoms with Crippen molar-refractivity contribution < 1.29 is 19.1 Å². The summed E-state index contributed by atoms with van der Waals surface area (Å²) in [6.45, 7) is 8.87. The van der Waals surface area contributed by atoms with E-state index < -0.39 is 18.0 Å². The molecule has 0 aromatic heterocycles. The molecule has 2 N–H and O–H groups in total. The van der Waals surface area contributed by atoms with Crippen molar-refractivity contribution in [3.8, 4) is 5.75 Å². The highest BCUT2D eigenvalue weighted by atomic mass is 35.5. The number of esters is 1. The van der Waals surface area contributed by atoms with E-state index in [4.69, 9.17) is 32.7 Å². The summed E-state index contributed by atoms with van der Waals surface area (Å²) < 4.78 is 10.9. The van der Waals surface area contributed by atoms with E-state index >= 15 is 0 Å². The first-order chi connectivity index (χ1) is 12.1. The second-order valence-corrected chi connectivity index (χ2v) is 7.32.